The second kappa shape index (κ2) is 10.7. The summed E-state index contributed by atoms with van der Waals surface area (Å²) in [6.45, 7) is 19.3. The lowest BCUT2D eigenvalue weighted by atomic mass is 10.1. The first-order valence-corrected chi connectivity index (χ1v) is 20.3. The topological polar surface area (TPSA) is 112 Å². The Kier molecular flexibility index (Phi) is 9.71. The van der Waals surface area contributed by atoms with Crippen molar-refractivity contribution in [2.75, 3.05) is 11.5 Å². The lowest BCUT2D eigenvalue weighted by Crippen LogP contribution is -2.66. The molecule has 8 nitrogen and oxygen atoms in total. The Hall–Kier alpha value is -0.782. The Balaban J connectivity index is 2.96. The van der Waals surface area contributed by atoms with Crippen LogP contribution >= 0.6 is 11.8 Å². The van der Waals surface area contributed by atoms with Crippen LogP contribution in [-0.4, -0.2) is 67.9 Å². The van der Waals surface area contributed by atoms with E-state index in [1.165, 1.54) is 11.8 Å². The first-order valence-electron chi connectivity index (χ1n) is 9.47. The monoisotopic (exact) mass is 508 g/mol. The zero-order chi connectivity index (χ0) is 23.2. The Morgan fingerprint density at radius 3 is 1.70 bits per heavy atom. The van der Waals surface area contributed by atoms with Crippen LogP contribution in [0.15, 0.2) is 36.8 Å². The maximum atomic E-state index is 11.2. The van der Waals surface area contributed by atoms with Crippen molar-refractivity contribution in [3.05, 3.63) is 36.8 Å². The summed E-state index contributed by atoms with van der Waals surface area (Å²) in [5.41, 5.74) is 5.12. The maximum Gasteiger partial charge on any atom is 0.344 e. The minimum atomic E-state index is -2.81. The molecule has 1 rings (SSSR count). The van der Waals surface area contributed by atoms with Gasteiger partial charge in [-0.25, -0.2) is 0 Å². The second-order valence-electron chi connectivity index (χ2n) is 7.66. The smallest absolute Gasteiger partial charge is 0.344 e. The highest BCUT2D eigenvalue weighted by Gasteiger charge is 2.54. The number of thioether (sulfide) groups is 1. The lowest BCUT2D eigenvalue weighted by Gasteiger charge is -2.47. The number of carboxylic acids is 2. The molecule has 1 heterocycles. The average molecular weight is 509 g/mol. The molecule has 13 heteroatoms. The Labute approximate surface area is 187 Å². The molecule has 0 radical (unpaired) electrons. The molecule has 2 N–H and O–H groups in total. The van der Waals surface area contributed by atoms with Gasteiger partial charge in [0.05, 0.1) is 12.3 Å². The van der Waals surface area contributed by atoms with E-state index in [9.17, 15) is 14.7 Å². The number of carbonyl (C=O) groups is 2. The molecule has 1 fully saturated rings. The highest BCUT2D eigenvalue weighted by molar-refractivity contribution is 7.99. The molecule has 3 atom stereocenters. The second-order valence-corrected chi connectivity index (χ2v) is 22.2. The van der Waals surface area contributed by atoms with Crippen LogP contribution in [0, 0.1) is 5.92 Å². The van der Waals surface area contributed by atoms with Gasteiger partial charge in [-0.2, -0.15) is 11.8 Å². The zero-order valence-electron chi connectivity index (χ0n) is 18.0. The van der Waals surface area contributed by atoms with Gasteiger partial charge < -0.3 is 26.7 Å². The number of aliphatic carboxylic acids is 2. The molecule has 0 aliphatic carbocycles. The quantitative estimate of drug-likeness (QED) is 0.320. The molecule has 170 valence electrons. The van der Waals surface area contributed by atoms with Crippen LogP contribution < -0.4 is 0 Å². The average Bonchev–Trinajstić information content (AvgIpc) is 2.62. The van der Waals surface area contributed by atoms with Gasteiger partial charge in [-0.3, -0.25) is 9.59 Å². The lowest BCUT2D eigenvalue weighted by molar-refractivity contribution is -0.147. The van der Waals surface area contributed by atoms with Gasteiger partial charge in [0.15, 0.2) is 0 Å². The summed E-state index contributed by atoms with van der Waals surface area (Å²) >= 11 is 1.38. The minimum Gasteiger partial charge on any atom is -0.481 e. The number of rotatable bonds is 11. The van der Waals surface area contributed by atoms with E-state index in [4.69, 9.17) is 21.6 Å². The molecule has 30 heavy (non-hydrogen) atoms. The zero-order valence-corrected chi connectivity index (χ0v) is 22.8. The Bertz CT molecular complexity index is 667. The molecule has 1 aliphatic heterocycles. The van der Waals surface area contributed by atoms with Gasteiger partial charge in [-0.1, -0.05) is 17.1 Å². The third kappa shape index (κ3) is 8.05. The van der Waals surface area contributed by atoms with E-state index in [2.05, 4.69) is 19.7 Å². The van der Waals surface area contributed by atoms with Crippen molar-refractivity contribution in [3.8, 4) is 0 Å². The predicted octanol–water partition coefficient (Wildman–Crippen LogP) is 3.44. The van der Waals surface area contributed by atoms with E-state index in [1.807, 2.05) is 26.2 Å². The highest BCUT2D eigenvalue weighted by atomic mass is 32.2. The van der Waals surface area contributed by atoms with Crippen LogP contribution in [0.2, 0.25) is 32.2 Å². The van der Waals surface area contributed by atoms with Gasteiger partial charge in [0.25, 0.3) is 0 Å². The summed E-state index contributed by atoms with van der Waals surface area (Å²) in [5.74, 6) is -2.41. The first kappa shape index (κ1) is 27.3. The van der Waals surface area contributed by atoms with Gasteiger partial charge >= 0.3 is 46.2 Å². The van der Waals surface area contributed by atoms with E-state index in [-0.39, 0.29) is 5.75 Å². The Morgan fingerprint density at radius 2 is 1.33 bits per heavy atom. The van der Waals surface area contributed by atoms with Crippen molar-refractivity contribution < 1.29 is 36.3 Å². The summed E-state index contributed by atoms with van der Waals surface area (Å²) in [7, 11) is -11.2. The van der Waals surface area contributed by atoms with E-state index >= 15 is 0 Å². The number of hydrogen-bond acceptors (Lipinski definition) is 7. The molecular weight excluding hydrogens is 477 g/mol. The standard InChI is InChI=1S/C17H32O8SSi4/c1-8-27(4)22-28(5,9-2)24-30(7,25-29(6,10-3)23-27)12-11-26-14-15(17(20)21)13-16(18)19/h8-10,15H,1-3,11-14H2,4-7H3,(H,18,19)(H,20,21). The molecule has 0 amide bonds. The highest BCUT2D eigenvalue weighted by Crippen LogP contribution is 2.34. The fourth-order valence-corrected chi connectivity index (χ4v) is 24.1. The summed E-state index contributed by atoms with van der Waals surface area (Å²) < 4.78 is 25.8. The molecule has 0 aromatic rings. The fourth-order valence-electron chi connectivity index (χ4n) is 3.01. The van der Waals surface area contributed by atoms with Gasteiger partial charge in [-0.15, -0.1) is 19.7 Å². The van der Waals surface area contributed by atoms with Crippen molar-refractivity contribution in [2.24, 2.45) is 5.92 Å². The summed E-state index contributed by atoms with van der Waals surface area (Å²) in [6, 6.07) is 0.559. The molecule has 0 aromatic heterocycles. The van der Waals surface area contributed by atoms with Crippen molar-refractivity contribution >= 4 is 57.9 Å². The normalized spacial score (nSPS) is 35.5. The van der Waals surface area contributed by atoms with Gasteiger partial charge in [0.2, 0.25) is 0 Å². The first-order chi connectivity index (χ1) is 13.7. The van der Waals surface area contributed by atoms with Gasteiger partial charge in [-0.05, 0) is 38.0 Å². The summed E-state index contributed by atoms with van der Waals surface area (Å²) in [5, 5.41) is 18.1. The predicted molar refractivity (Wildman–Crippen MR) is 127 cm³/mol. The Morgan fingerprint density at radius 1 is 0.900 bits per heavy atom. The van der Waals surface area contributed by atoms with Crippen molar-refractivity contribution in [1.82, 2.24) is 0 Å². The fraction of sp³-hybridized carbons (Fsp3) is 0.529. The molecule has 1 aliphatic rings. The molecular formula is C17H32O8SSi4. The SMILES string of the molecule is C=C[Si]1(C)O[Si](C)(C=C)O[Si](C)(CCSCC(CC(=O)O)C(=O)O)O[Si](C)(C=C)O1. The van der Waals surface area contributed by atoms with Crippen LogP contribution in [0.4, 0.5) is 0 Å². The van der Waals surface area contributed by atoms with Gasteiger partial charge in [0, 0.05) is 5.75 Å². The largest absolute Gasteiger partial charge is 0.481 e. The molecule has 0 aromatic carbocycles. The number of hydrogen-bond donors (Lipinski definition) is 2. The molecule has 3 unspecified atom stereocenters. The van der Waals surface area contributed by atoms with E-state index in [0.29, 0.717) is 11.8 Å². The van der Waals surface area contributed by atoms with Crippen molar-refractivity contribution in [2.45, 2.75) is 38.7 Å². The van der Waals surface area contributed by atoms with E-state index < -0.39 is 58.5 Å². The molecule has 0 spiro atoms. The van der Waals surface area contributed by atoms with Crippen LogP contribution in [0.25, 0.3) is 0 Å². The van der Waals surface area contributed by atoms with Crippen molar-refractivity contribution in [3.63, 3.8) is 0 Å². The minimum absolute atomic E-state index is 0.201. The van der Waals surface area contributed by atoms with Gasteiger partial charge in [0.1, 0.15) is 0 Å². The molecule has 0 saturated carbocycles. The summed E-state index contributed by atoms with van der Waals surface area (Å²) in [6.07, 6.45) is -0.403. The van der Waals surface area contributed by atoms with Crippen LogP contribution in [0.3, 0.4) is 0 Å². The third-order valence-electron chi connectivity index (χ3n) is 4.55. The summed E-state index contributed by atoms with van der Waals surface area (Å²) in [4.78, 5) is 22.1. The van der Waals surface area contributed by atoms with Crippen LogP contribution in [0.1, 0.15) is 6.42 Å². The van der Waals surface area contributed by atoms with E-state index in [1.54, 1.807) is 17.1 Å². The van der Waals surface area contributed by atoms with Crippen LogP contribution in [-0.2, 0) is 26.0 Å². The third-order valence-corrected chi connectivity index (χ3v) is 22.6. The molecule has 1 saturated heterocycles. The molecule has 0 bridgehead atoms. The van der Waals surface area contributed by atoms with E-state index in [0.717, 1.165) is 0 Å². The number of carboxylic acid groups (broad SMARTS) is 2. The van der Waals surface area contributed by atoms with Crippen LogP contribution in [0.5, 0.6) is 0 Å². The maximum absolute atomic E-state index is 11.2. The van der Waals surface area contributed by atoms with Crippen molar-refractivity contribution in [1.29, 1.82) is 0 Å².